The lowest BCUT2D eigenvalue weighted by Crippen LogP contribution is -2.39. The predicted molar refractivity (Wildman–Crippen MR) is 62.9 cm³/mol. The molecule has 3 nitrogen and oxygen atoms in total. The van der Waals surface area contributed by atoms with E-state index in [0.29, 0.717) is 12.5 Å². The van der Waals surface area contributed by atoms with Crippen LogP contribution in [0.5, 0.6) is 0 Å². The van der Waals surface area contributed by atoms with Crippen molar-refractivity contribution in [2.75, 3.05) is 6.54 Å². The minimum atomic E-state index is -0.203. The molecule has 0 radical (unpaired) electrons. The van der Waals surface area contributed by atoms with Gasteiger partial charge in [-0.25, -0.2) is 0 Å². The molecule has 3 unspecified atom stereocenters. The Balaban J connectivity index is 1.71. The number of amides is 1. The predicted octanol–water partition coefficient (Wildman–Crippen LogP) is 1.70. The SMILES string of the molecule is CC(C(=O)NCC1CCCCC1O)C1CC1. The average molecular weight is 225 g/mol. The third-order valence-electron chi connectivity index (χ3n) is 4.15. The summed E-state index contributed by atoms with van der Waals surface area (Å²) in [6, 6.07) is 0. The highest BCUT2D eigenvalue weighted by Crippen LogP contribution is 2.36. The second-order valence-corrected chi connectivity index (χ2v) is 5.48. The van der Waals surface area contributed by atoms with Crippen LogP contribution in [0.2, 0.25) is 0 Å². The quantitative estimate of drug-likeness (QED) is 0.765. The zero-order valence-electron chi connectivity index (χ0n) is 10.1. The van der Waals surface area contributed by atoms with Gasteiger partial charge >= 0.3 is 0 Å². The number of hydrogen-bond donors (Lipinski definition) is 2. The van der Waals surface area contributed by atoms with Crippen LogP contribution in [0.3, 0.4) is 0 Å². The van der Waals surface area contributed by atoms with Crippen molar-refractivity contribution >= 4 is 5.91 Å². The highest BCUT2D eigenvalue weighted by atomic mass is 16.3. The normalized spacial score (nSPS) is 32.1. The molecule has 16 heavy (non-hydrogen) atoms. The standard InChI is InChI=1S/C13H23NO2/c1-9(10-6-7-10)13(16)14-8-11-4-2-3-5-12(11)15/h9-12,15H,2-8H2,1H3,(H,14,16). The van der Waals surface area contributed by atoms with Crippen molar-refractivity contribution in [3.05, 3.63) is 0 Å². The lowest BCUT2D eigenvalue weighted by atomic mass is 9.86. The first-order valence-corrected chi connectivity index (χ1v) is 6.64. The summed E-state index contributed by atoms with van der Waals surface area (Å²) in [5.74, 6) is 1.25. The summed E-state index contributed by atoms with van der Waals surface area (Å²) in [6.07, 6.45) is 6.49. The Morgan fingerprint density at radius 1 is 1.31 bits per heavy atom. The van der Waals surface area contributed by atoms with E-state index in [1.807, 2.05) is 6.92 Å². The topological polar surface area (TPSA) is 49.3 Å². The molecule has 3 atom stereocenters. The minimum absolute atomic E-state index is 0.167. The van der Waals surface area contributed by atoms with Crippen molar-refractivity contribution in [3.8, 4) is 0 Å². The third-order valence-corrected chi connectivity index (χ3v) is 4.15. The molecule has 2 rings (SSSR count). The van der Waals surface area contributed by atoms with E-state index in [-0.39, 0.29) is 23.8 Å². The molecule has 2 N–H and O–H groups in total. The van der Waals surface area contributed by atoms with Gasteiger partial charge in [0.05, 0.1) is 6.10 Å². The largest absolute Gasteiger partial charge is 0.393 e. The summed E-state index contributed by atoms with van der Waals surface area (Å²) < 4.78 is 0. The molecule has 92 valence electrons. The molecule has 0 bridgehead atoms. The molecule has 2 saturated carbocycles. The van der Waals surface area contributed by atoms with Crippen molar-refractivity contribution in [1.82, 2.24) is 5.32 Å². The van der Waals surface area contributed by atoms with E-state index in [2.05, 4.69) is 5.32 Å². The Morgan fingerprint density at radius 2 is 2.00 bits per heavy atom. The number of hydrogen-bond acceptors (Lipinski definition) is 2. The molecule has 0 aromatic carbocycles. The van der Waals surface area contributed by atoms with Crippen molar-refractivity contribution in [2.45, 2.75) is 51.6 Å². The van der Waals surface area contributed by atoms with E-state index < -0.39 is 0 Å². The number of nitrogens with one attached hydrogen (secondary N) is 1. The molecule has 0 aromatic rings. The maximum Gasteiger partial charge on any atom is 0.223 e. The summed E-state index contributed by atoms with van der Waals surface area (Å²) in [6.45, 7) is 2.68. The molecule has 0 saturated heterocycles. The van der Waals surface area contributed by atoms with Gasteiger partial charge in [-0.3, -0.25) is 4.79 Å². The molecule has 0 aromatic heterocycles. The zero-order valence-corrected chi connectivity index (χ0v) is 10.1. The highest BCUT2D eigenvalue weighted by Gasteiger charge is 2.33. The molecule has 0 heterocycles. The van der Waals surface area contributed by atoms with Crippen LogP contribution in [0.15, 0.2) is 0 Å². The Bertz CT molecular complexity index is 250. The maximum absolute atomic E-state index is 11.8. The fourth-order valence-electron chi connectivity index (χ4n) is 2.63. The van der Waals surface area contributed by atoms with Gasteiger partial charge in [0.15, 0.2) is 0 Å². The molecule has 2 aliphatic carbocycles. The smallest absolute Gasteiger partial charge is 0.223 e. The number of aliphatic hydroxyl groups excluding tert-OH is 1. The summed E-state index contributed by atoms with van der Waals surface area (Å²) >= 11 is 0. The van der Waals surface area contributed by atoms with Crippen LogP contribution < -0.4 is 5.32 Å². The van der Waals surface area contributed by atoms with Crippen molar-refractivity contribution in [1.29, 1.82) is 0 Å². The molecule has 3 heteroatoms. The summed E-state index contributed by atoms with van der Waals surface area (Å²) in [5, 5.41) is 12.8. The first-order valence-electron chi connectivity index (χ1n) is 6.64. The molecular formula is C13H23NO2. The second kappa shape index (κ2) is 5.17. The first kappa shape index (κ1) is 11.9. The minimum Gasteiger partial charge on any atom is -0.393 e. The molecule has 2 aliphatic rings. The molecular weight excluding hydrogens is 202 g/mol. The van der Waals surface area contributed by atoms with Gasteiger partial charge in [-0.1, -0.05) is 19.8 Å². The Labute approximate surface area is 97.6 Å². The molecule has 2 fully saturated rings. The van der Waals surface area contributed by atoms with Gasteiger partial charge in [0, 0.05) is 18.4 Å². The van der Waals surface area contributed by atoms with Crippen LogP contribution in [0.1, 0.15) is 45.4 Å². The van der Waals surface area contributed by atoms with Crippen LogP contribution in [0.25, 0.3) is 0 Å². The fourth-order valence-corrected chi connectivity index (χ4v) is 2.63. The van der Waals surface area contributed by atoms with Gasteiger partial charge in [-0.05, 0) is 31.6 Å². The number of aliphatic hydroxyl groups is 1. The third kappa shape index (κ3) is 2.97. The Hall–Kier alpha value is -0.570. The lowest BCUT2D eigenvalue weighted by molar-refractivity contribution is -0.125. The van der Waals surface area contributed by atoms with Gasteiger partial charge in [-0.2, -0.15) is 0 Å². The molecule has 0 spiro atoms. The van der Waals surface area contributed by atoms with Gasteiger partial charge in [0.1, 0.15) is 0 Å². The van der Waals surface area contributed by atoms with E-state index in [1.54, 1.807) is 0 Å². The zero-order chi connectivity index (χ0) is 11.5. The van der Waals surface area contributed by atoms with Gasteiger partial charge in [-0.15, -0.1) is 0 Å². The van der Waals surface area contributed by atoms with Crippen molar-refractivity contribution in [3.63, 3.8) is 0 Å². The van der Waals surface area contributed by atoms with Gasteiger partial charge in [0.2, 0.25) is 5.91 Å². The lowest BCUT2D eigenvalue weighted by Gasteiger charge is -2.28. The highest BCUT2D eigenvalue weighted by molar-refractivity contribution is 5.78. The number of carbonyl (C=O) groups excluding carboxylic acids is 1. The summed E-state index contributed by atoms with van der Waals surface area (Å²) in [4.78, 5) is 11.8. The fraction of sp³-hybridized carbons (Fsp3) is 0.923. The van der Waals surface area contributed by atoms with Gasteiger partial charge < -0.3 is 10.4 Å². The van der Waals surface area contributed by atoms with Crippen LogP contribution in [-0.2, 0) is 4.79 Å². The van der Waals surface area contributed by atoms with E-state index in [0.717, 1.165) is 19.3 Å². The van der Waals surface area contributed by atoms with E-state index >= 15 is 0 Å². The van der Waals surface area contributed by atoms with Crippen molar-refractivity contribution in [2.24, 2.45) is 17.8 Å². The average Bonchev–Trinajstić information content (AvgIpc) is 3.10. The number of carbonyl (C=O) groups is 1. The Morgan fingerprint density at radius 3 is 2.62 bits per heavy atom. The van der Waals surface area contributed by atoms with Gasteiger partial charge in [0.25, 0.3) is 0 Å². The number of rotatable bonds is 4. The van der Waals surface area contributed by atoms with E-state index in [9.17, 15) is 9.90 Å². The van der Waals surface area contributed by atoms with Crippen LogP contribution >= 0.6 is 0 Å². The Kier molecular flexibility index (Phi) is 3.85. The van der Waals surface area contributed by atoms with Crippen LogP contribution in [0, 0.1) is 17.8 Å². The second-order valence-electron chi connectivity index (χ2n) is 5.48. The maximum atomic E-state index is 11.8. The van der Waals surface area contributed by atoms with Crippen LogP contribution in [0.4, 0.5) is 0 Å². The molecule has 0 aliphatic heterocycles. The van der Waals surface area contributed by atoms with Crippen LogP contribution in [-0.4, -0.2) is 23.7 Å². The summed E-state index contributed by atoms with van der Waals surface area (Å²) in [5.41, 5.74) is 0. The monoisotopic (exact) mass is 225 g/mol. The van der Waals surface area contributed by atoms with E-state index in [1.165, 1.54) is 19.3 Å². The molecule has 1 amide bonds. The first-order chi connectivity index (χ1) is 7.68. The van der Waals surface area contributed by atoms with E-state index in [4.69, 9.17) is 0 Å². The summed E-state index contributed by atoms with van der Waals surface area (Å²) in [7, 11) is 0. The van der Waals surface area contributed by atoms with Crippen molar-refractivity contribution < 1.29 is 9.90 Å².